The molecule has 1 amide bonds. The third kappa shape index (κ3) is 2.83. The highest BCUT2D eigenvalue weighted by Crippen LogP contribution is 2.32. The fraction of sp³-hybridized carbons (Fsp3) is 0.353. The molecule has 1 aliphatic rings. The van der Waals surface area contributed by atoms with Gasteiger partial charge in [0.25, 0.3) is 5.91 Å². The number of halogens is 5. The molecule has 0 bridgehead atoms. The Labute approximate surface area is 161 Å². The summed E-state index contributed by atoms with van der Waals surface area (Å²) in [5.74, 6) is -2.30. The summed E-state index contributed by atoms with van der Waals surface area (Å²) < 4.78 is 54.4. The van der Waals surface area contributed by atoms with Gasteiger partial charge in [-0.05, 0) is 25.5 Å². The molecule has 28 heavy (non-hydrogen) atoms. The standard InChI is InChI=1S/C17H14ClF4N5O/c1-7-5-27-9(4-23-16(27)17(20,21)22)6-26(7)15(28)14-24-12-8(2)10(18)3-11(19)13(12)25-14/h3-4,7H,5-6H2,1-2H3,(H,24,25)/t7-/m0/s1. The highest BCUT2D eigenvalue weighted by molar-refractivity contribution is 6.32. The Morgan fingerprint density at radius 1 is 1.39 bits per heavy atom. The molecule has 0 fully saturated rings. The molecule has 3 aromatic rings. The normalized spacial score (nSPS) is 17.2. The maximum Gasteiger partial charge on any atom is 0.449 e. The molecule has 2 aromatic heterocycles. The fourth-order valence-corrected chi connectivity index (χ4v) is 3.58. The van der Waals surface area contributed by atoms with Crippen LogP contribution in [0.4, 0.5) is 17.6 Å². The number of hydrogen-bond acceptors (Lipinski definition) is 3. The molecule has 0 saturated heterocycles. The number of carbonyl (C=O) groups excluding carboxylic acids is 1. The molecule has 148 valence electrons. The van der Waals surface area contributed by atoms with Crippen LogP contribution >= 0.6 is 11.6 Å². The lowest BCUT2D eigenvalue weighted by molar-refractivity contribution is -0.148. The predicted octanol–water partition coefficient (Wildman–Crippen LogP) is 3.92. The van der Waals surface area contributed by atoms with Crippen molar-refractivity contribution in [2.45, 2.75) is 39.2 Å². The first-order valence-corrected chi connectivity index (χ1v) is 8.72. The Bertz CT molecular complexity index is 1100. The van der Waals surface area contributed by atoms with Gasteiger partial charge in [0, 0.05) is 17.6 Å². The van der Waals surface area contributed by atoms with Crippen LogP contribution in [0.3, 0.4) is 0 Å². The lowest BCUT2D eigenvalue weighted by atomic mass is 10.2. The molecule has 4 rings (SSSR count). The number of nitrogens with one attached hydrogen (secondary N) is 1. The third-order valence-electron chi connectivity index (χ3n) is 4.88. The Morgan fingerprint density at radius 2 is 2.11 bits per heavy atom. The van der Waals surface area contributed by atoms with Crippen LogP contribution in [0.2, 0.25) is 5.02 Å². The Morgan fingerprint density at radius 3 is 2.79 bits per heavy atom. The SMILES string of the molecule is Cc1c(Cl)cc(F)c2nc(C(=O)N3Cc4cnc(C(F)(F)F)n4C[C@@H]3C)[nH]c12. The Balaban J connectivity index is 1.70. The van der Waals surface area contributed by atoms with Crippen LogP contribution in [-0.2, 0) is 19.3 Å². The summed E-state index contributed by atoms with van der Waals surface area (Å²) >= 11 is 5.96. The van der Waals surface area contributed by atoms with Crippen molar-refractivity contribution in [1.29, 1.82) is 0 Å². The van der Waals surface area contributed by atoms with E-state index in [4.69, 9.17) is 11.6 Å². The minimum Gasteiger partial charge on any atom is -0.333 e. The zero-order valence-corrected chi connectivity index (χ0v) is 15.5. The van der Waals surface area contributed by atoms with Crippen LogP contribution in [0.1, 0.15) is 34.6 Å². The van der Waals surface area contributed by atoms with E-state index in [1.165, 1.54) is 4.90 Å². The molecule has 1 N–H and O–H groups in total. The quantitative estimate of drug-likeness (QED) is 0.612. The molecule has 0 radical (unpaired) electrons. The van der Waals surface area contributed by atoms with Gasteiger partial charge in [-0.3, -0.25) is 4.79 Å². The van der Waals surface area contributed by atoms with Crippen molar-refractivity contribution in [1.82, 2.24) is 24.4 Å². The summed E-state index contributed by atoms with van der Waals surface area (Å²) in [6.07, 6.45) is -3.46. The summed E-state index contributed by atoms with van der Waals surface area (Å²) in [6, 6.07) is 0.577. The molecular weight excluding hydrogens is 402 g/mol. The van der Waals surface area contributed by atoms with E-state index in [-0.39, 0.29) is 35.1 Å². The second-order valence-electron chi connectivity index (χ2n) is 6.74. The van der Waals surface area contributed by atoms with E-state index in [1.54, 1.807) is 13.8 Å². The van der Waals surface area contributed by atoms with Crippen LogP contribution in [0, 0.1) is 12.7 Å². The van der Waals surface area contributed by atoms with Crippen molar-refractivity contribution < 1.29 is 22.4 Å². The van der Waals surface area contributed by atoms with Crippen molar-refractivity contribution in [3.63, 3.8) is 0 Å². The molecule has 0 aliphatic carbocycles. The number of fused-ring (bicyclic) bond motifs is 2. The number of carbonyl (C=O) groups is 1. The predicted molar refractivity (Wildman–Crippen MR) is 92.4 cm³/mol. The second-order valence-corrected chi connectivity index (χ2v) is 7.15. The van der Waals surface area contributed by atoms with E-state index in [9.17, 15) is 22.4 Å². The number of aromatic nitrogens is 4. The number of hydrogen-bond donors (Lipinski definition) is 1. The first-order chi connectivity index (χ1) is 13.1. The molecule has 1 aromatic carbocycles. The first-order valence-electron chi connectivity index (χ1n) is 8.34. The van der Waals surface area contributed by atoms with Crippen LogP contribution in [-0.4, -0.2) is 36.4 Å². The Hall–Kier alpha value is -2.62. The molecule has 1 atom stereocenters. The average molecular weight is 416 g/mol. The summed E-state index contributed by atoms with van der Waals surface area (Å²) in [7, 11) is 0. The highest BCUT2D eigenvalue weighted by Gasteiger charge is 2.40. The van der Waals surface area contributed by atoms with Gasteiger partial charge in [-0.1, -0.05) is 11.6 Å². The largest absolute Gasteiger partial charge is 0.449 e. The third-order valence-corrected chi connectivity index (χ3v) is 5.28. The van der Waals surface area contributed by atoms with Gasteiger partial charge in [-0.15, -0.1) is 0 Å². The summed E-state index contributed by atoms with van der Waals surface area (Å²) in [5, 5.41) is 0.197. The van der Waals surface area contributed by atoms with Crippen LogP contribution in [0.5, 0.6) is 0 Å². The van der Waals surface area contributed by atoms with E-state index in [1.807, 2.05) is 0 Å². The maximum atomic E-state index is 14.1. The van der Waals surface area contributed by atoms with Crippen LogP contribution in [0.15, 0.2) is 12.3 Å². The number of aromatic amines is 1. The monoisotopic (exact) mass is 415 g/mol. The number of nitrogens with zero attached hydrogens (tertiary/aromatic N) is 4. The average Bonchev–Trinajstić information content (AvgIpc) is 3.22. The zero-order chi connectivity index (χ0) is 20.4. The van der Waals surface area contributed by atoms with Gasteiger partial charge in [0.15, 0.2) is 11.6 Å². The van der Waals surface area contributed by atoms with Gasteiger partial charge < -0.3 is 14.5 Å². The first kappa shape index (κ1) is 18.7. The zero-order valence-electron chi connectivity index (χ0n) is 14.7. The Kier molecular flexibility index (Phi) is 4.14. The van der Waals surface area contributed by atoms with Crippen molar-refractivity contribution in [2.75, 3.05) is 0 Å². The lowest BCUT2D eigenvalue weighted by Crippen LogP contribution is -2.45. The smallest absolute Gasteiger partial charge is 0.333 e. The van der Waals surface area contributed by atoms with E-state index in [0.717, 1.165) is 16.8 Å². The molecule has 0 spiro atoms. The number of imidazole rings is 2. The number of aryl methyl sites for hydroxylation is 1. The molecule has 3 heterocycles. The van der Waals surface area contributed by atoms with Crippen molar-refractivity contribution in [2.24, 2.45) is 0 Å². The molecule has 0 saturated carbocycles. The van der Waals surface area contributed by atoms with Gasteiger partial charge in [-0.2, -0.15) is 13.2 Å². The van der Waals surface area contributed by atoms with Crippen molar-refractivity contribution in [3.8, 4) is 0 Å². The van der Waals surface area contributed by atoms with Gasteiger partial charge in [0.1, 0.15) is 5.52 Å². The minimum absolute atomic E-state index is 0.0145. The van der Waals surface area contributed by atoms with Gasteiger partial charge in [0.05, 0.1) is 24.0 Å². The fourth-order valence-electron chi connectivity index (χ4n) is 3.39. The summed E-state index contributed by atoms with van der Waals surface area (Å²) in [5.41, 5.74) is 1.10. The molecule has 1 aliphatic heterocycles. The lowest BCUT2D eigenvalue weighted by Gasteiger charge is -2.34. The topological polar surface area (TPSA) is 66.8 Å². The maximum absolute atomic E-state index is 14.1. The molecule has 11 heteroatoms. The molecular formula is C17H14ClF4N5O. The second kappa shape index (κ2) is 6.20. The van der Waals surface area contributed by atoms with Crippen molar-refractivity contribution in [3.05, 3.63) is 46.0 Å². The van der Waals surface area contributed by atoms with Crippen LogP contribution in [0.25, 0.3) is 11.0 Å². The molecule has 0 unspecified atom stereocenters. The molecule has 6 nitrogen and oxygen atoms in total. The van der Waals surface area contributed by atoms with Crippen molar-refractivity contribution >= 4 is 28.5 Å². The van der Waals surface area contributed by atoms with Gasteiger partial charge in [-0.25, -0.2) is 14.4 Å². The number of H-pyrrole nitrogens is 1. The minimum atomic E-state index is -4.57. The number of benzene rings is 1. The summed E-state index contributed by atoms with van der Waals surface area (Å²) in [4.78, 5) is 24.6. The highest BCUT2D eigenvalue weighted by atomic mass is 35.5. The number of rotatable bonds is 1. The van der Waals surface area contributed by atoms with Crippen LogP contribution < -0.4 is 0 Å². The van der Waals surface area contributed by atoms with E-state index < -0.39 is 29.8 Å². The number of alkyl halides is 3. The van der Waals surface area contributed by atoms with E-state index >= 15 is 0 Å². The van der Waals surface area contributed by atoms with Gasteiger partial charge >= 0.3 is 6.18 Å². The number of amides is 1. The van der Waals surface area contributed by atoms with E-state index in [0.29, 0.717) is 11.1 Å². The van der Waals surface area contributed by atoms with Gasteiger partial charge in [0.2, 0.25) is 5.82 Å². The summed E-state index contributed by atoms with van der Waals surface area (Å²) in [6.45, 7) is 3.17. The van der Waals surface area contributed by atoms with E-state index in [2.05, 4.69) is 15.0 Å².